The van der Waals surface area contributed by atoms with Crippen LogP contribution in [0.5, 0.6) is 6.01 Å². The number of morpholine rings is 1. The monoisotopic (exact) mass is 267 g/mol. The van der Waals surface area contributed by atoms with Crippen LogP contribution in [0.1, 0.15) is 19.8 Å². The fourth-order valence-corrected chi connectivity index (χ4v) is 1.73. The minimum absolute atomic E-state index is 0.384. The molecule has 0 radical (unpaired) electrons. The van der Waals surface area contributed by atoms with Crippen molar-refractivity contribution in [1.82, 2.24) is 15.0 Å². The van der Waals surface area contributed by atoms with Gasteiger partial charge in [-0.2, -0.15) is 15.0 Å². The van der Waals surface area contributed by atoms with E-state index >= 15 is 0 Å². The van der Waals surface area contributed by atoms with Gasteiger partial charge in [0.15, 0.2) is 0 Å². The van der Waals surface area contributed by atoms with Gasteiger partial charge >= 0.3 is 6.01 Å². The first-order valence-electron chi connectivity index (χ1n) is 6.72. The molecule has 1 aromatic heterocycles. The lowest BCUT2D eigenvalue weighted by Crippen LogP contribution is -2.37. The van der Waals surface area contributed by atoms with E-state index in [4.69, 9.17) is 9.47 Å². The molecule has 0 atom stereocenters. The molecule has 0 unspecified atom stereocenters. The van der Waals surface area contributed by atoms with Crippen LogP contribution in [-0.4, -0.2) is 54.9 Å². The highest BCUT2D eigenvalue weighted by Gasteiger charge is 2.16. The third kappa shape index (κ3) is 3.92. The van der Waals surface area contributed by atoms with Gasteiger partial charge in [-0.25, -0.2) is 0 Å². The molecule has 19 heavy (non-hydrogen) atoms. The number of nitrogens with zero attached hydrogens (tertiary/aromatic N) is 4. The molecule has 0 spiro atoms. The second kappa shape index (κ2) is 7.08. The number of aromatic nitrogens is 3. The Balaban J connectivity index is 2.10. The summed E-state index contributed by atoms with van der Waals surface area (Å²) < 4.78 is 10.9. The lowest BCUT2D eigenvalue weighted by atomic mass is 10.4. The van der Waals surface area contributed by atoms with Crippen LogP contribution in [0.4, 0.5) is 11.9 Å². The summed E-state index contributed by atoms with van der Waals surface area (Å²) >= 11 is 0. The first-order valence-corrected chi connectivity index (χ1v) is 6.72. The van der Waals surface area contributed by atoms with Crippen LogP contribution in [0.2, 0.25) is 0 Å². The molecule has 0 bridgehead atoms. The van der Waals surface area contributed by atoms with Gasteiger partial charge in [-0.1, -0.05) is 13.3 Å². The van der Waals surface area contributed by atoms with E-state index in [1.807, 2.05) is 0 Å². The van der Waals surface area contributed by atoms with Gasteiger partial charge in [0.05, 0.1) is 19.8 Å². The number of anilines is 2. The molecule has 0 saturated carbocycles. The van der Waals surface area contributed by atoms with Crippen LogP contribution in [0.3, 0.4) is 0 Å². The van der Waals surface area contributed by atoms with Crippen LogP contribution in [-0.2, 0) is 4.74 Å². The van der Waals surface area contributed by atoms with E-state index in [0.717, 1.165) is 25.9 Å². The molecular formula is C12H21N5O2. The average molecular weight is 267 g/mol. The first kappa shape index (κ1) is 13.8. The van der Waals surface area contributed by atoms with Crippen LogP contribution < -0.4 is 15.0 Å². The van der Waals surface area contributed by atoms with Gasteiger partial charge in [-0.3, -0.25) is 0 Å². The molecule has 1 aromatic rings. The summed E-state index contributed by atoms with van der Waals surface area (Å²) in [7, 11) is 1.79. The SMILES string of the molecule is CCCCOc1nc(NC)nc(N2CCOCC2)n1. The Morgan fingerprint density at radius 3 is 2.74 bits per heavy atom. The highest BCUT2D eigenvalue weighted by atomic mass is 16.5. The number of hydrogen-bond donors (Lipinski definition) is 1. The molecule has 2 rings (SSSR count). The number of rotatable bonds is 6. The first-order chi connectivity index (χ1) is 9.33. The maximum Gasteiger partial charge on any atom is 0.323 e. The molecule has 0 aliphatic carbocycles. The van der Waals surface area contributed by atoms with Crippen molar-refractivity contribution in [1.29, 1.82) is 0 Å². The number of unbranched alkanes of at least 4 members (excludes halogenated alkanes) is 1. The standard InChI is InChI=1S/C12H21N5O2/c1-3-4-7-19-12-15-10(13-2)14-11(16-12)17-5-8-18-9-6-17/h3-9H2,1-2H3,(H,13,14,15,16). The van der Waals surface area contributed by atoms with Gasteiger partial charge in [-0.05, 0) is 6.42 Å². The molecule has 2 heterocycles. The summed E-state index contributed by atoms with van der Waals surface area (Å²) in [4.78, 5) is 15.0. The normalized spacial score (nSPS) is 15.4. The molecule has 1 N–H and O–H groups in total. The zero-order valence-electron chi connectivity index (χ0n) is 11.6. The molecule has 106 valence electrons. The Kier molecular flexibility index (Phi) is 5.14. The van der Waals surface area contributed by atoms with Crippen molar-refractivity contribution in [2.45, 2.75) is 19.8 Å². The Hall–Kier alpha value is -1.63. The summed E-state index contributed by atoms with van der Waals surface area (Å²) in [6.45, 7) is 5.74. The average Bonchev–Trinajstić information content (AvgIpc) is 2.48. The van der Waals surface area contributed by atoms with Gasteiger partial charge in [0.1, 0.15) is 0 Å². The van der Waals surface area contributed by atoms with E-state index < -0.39 is 0 Å². The summed E-state index contributed by atoms with van der Waals surface area (Å²) in [6.07, 6.45) is 2.08. The van der Waals surface area contributed by atoms with E-state index in [-0.39, 0.29) is 0 Å². The largest absolute Gasteiger partial charge is 0.463 e. The van der Waals surface area contributed by atoms with Crippen molar-refractivity contribution in [3.8, 4) is 6.01 Å². The molecule has 1 aliphatic heterocycles. The van der Waals surface area contributed by atoms with E-state index in [2.05, 4.69) is 32.1 Å². The molecule has 1 fully saturated rings. The van der Waals surface area contributed by atoms with Crippen molar-refractivity contribution in [2.75, 3.05) is 50.2 Å². The highest BCUT2D eigenvalue weighted by molar-refractivity contribution is 5.38. The van der Waals surface area contributed by atoms with Crippen LogP contribution in [0, 0.1) is 0 Å². The topological polar surface area (TPSA) is 72.4 Å². The van der Waals surface area contributed by atoms with Crippen LogP contribution in [0.15, 0.2) is 0 Å². The Bertz CT molecular complexity index is 396. The van der Waals surface area contributed by atoms with Gasteiger partial charge in [0.2, 0.25) is 11.9 Å². The zero-order chi connectivity index (χ0) is 13.5. The Morgan fingerprint density at radius 2 is 2.05 bits per heavy atom. The number of ether oxygens (including phenoxy) is 2. The van der Waals surface area contributed by atoms with Crippen molar-refractivity contribution in [3.05, 3.63) is 0 Å². The van der Waals surface area contributed by atoms with Crippen molar-refractivity contribution < 1.29 is 9.47 Å². The lowest BCUT2D eigenvalue weighted by molar-refractivity contribution is 0.122. The molecule has 7 heteroatoms. The third-order valence-electron chi connectivity index (χ3n) is 2.85. The van der Waals surface area contributed by atoms with Gasteiger partial charge in [0.25, 0.3) is 0 Å². The summed E-state index contributed by atoms with van der Waals surface area (Å²) in [6, 6.07) is 0.384. The lowest BCUT2D eigenvalue weighted by Gasteiger charge is -2.26. The zero-order valence-corrected chi connectivity index (χ0v) is 11.6. The Labute approximate surface area is 113 Å². The van der Waals surface area contributed by atoms with Gasteiger partial charge in [0, 0.05) is 20.1 Å². The maximum atomic E-state index is 5.56. The molecule has 1 saturated heterocycles. The predicted octanol–water partition coefficient (Wildman–Crippen LogP) is 0.929. The molecule has 0 amide bonds. The smallest absolute Gasteiger partial charge is 0.323 e. The number of nitrogens with one attached hydrogen (secondary N) is 1. The minimum Gasteiger partial charge on any atom is -0.463 e. The van der Waals surface area contributed by atoms with Crippen molar-refractivity contribution >= 4 is 11.9 Å². The van der Waals surface area contributed by atoms with E-state index in [1.165, 1.54) is 0 Å². The van der Waals surface area contributed by atoms with E-state index in [9.17, 15) is 0 Å². The van der Waals surface area contributed by atoms with E-state index in [0.29, 0.717) is 37.7 Å². The summed E-state index contributed by atoms with van der Waals surface area (Å²) in [5, 5.41) is 2.94. The molecular weight excluding hydrogens is 246 g/mol. The van der Waals surface area contributed by atoms with Crippen molar-refractivity contribution in [2.24, 2.45) is 0 Å². The second-order valence-corrected chi connectivity index (χ2v) is 4.29. The van der Waals surface area contributed by atoms with Gasteiger partial charge in [-0.15, -0.1) is 0 Å². The van der Waals surface area contributed by atoms with E-state index in [1.54, 1.807) is 7.05 Å². The quantitative estimate of drug-likeness (QED) is 0.769. The Morgan fingerprint density at radius 1 is 1.26 bits per heavy atom. The summed E-state index contributed by atoms with van der Waals surface area (Å²) in [5.41, 5.74) is 0. The molecule has 0 aromatic carbocycles. The maximum absolute atomic E-state index is 5.56. The number of hydrogen-bond acceptors (Lipinski definition) is 7. The van der Waals surface area contributed by atoms with Crippen LogP contribution in [0.25, 0.3) is 0 Å². The fraction of sp³-hybridized carbons (Fsp3) is 0.750. The van der Waals surface area contributed by atoms with Crippen LogP contribution >= 0.6 is 0 Å². The minimum atomic E-state index is 0.384. The summed E-state index contributed by atoms with van der Waals surface area (Å²) in [5.74, 6) is 1.18. The second-order valence-electron chi connectivity index (χ2n) is 4.29. The third-order valence-corrected chi connectivity index (χ3v) is 2.85. The highest BCUT2D eigenvalue weighted by Crippen LogP contribution is 2.16. The van der Waals surface area contributed by atoms with Crippen molar-refractivity contribution in [3.63, 3.8) is 0 Å². The fourth-order valence-electron chi connectivity index (χ4n) is 1.73. The molecule has 7 nitrogen and oxygen atoms in total. The molecule has 1 aliphatic rings. The van der Waals surface area contributed by atoms with Gasteiger partial charge < -0.3 is 19.7 Å². The predicted molar refractivity (Wildman–Crippen MR) is 72.8 cm³/mol.